The molecular formula is C20H21NO7. The van der Waals surface area contributed by atoms with E-state index in [1.807, 2.05) is 25.1 Å². The fourth-order valence-corrected chi connectivity index (χ4v) is 3.74. The summed E-state index contributed by atoms with van der Waals surface area (Å²) in [5.74, 6) is 0.579. The van der Waals surface area contributed by atoms with E-state index < -0.39 is 18.4 Å². The van der Waals surface area contributed by atoms with Crippen LogP contribution in [0, 0.1) is 11.8 Å². The van der Waals surface area contributed by atoms with Gasteiger partial charge in [-0.2, -0.15) is 0 Å². The number of nitrogens with one attached hydrogen (secondary N) is 1. The lowest BCUT2D eigenvalue weighted by Crippen LogP contribution is -2.40. The maximum absolute atomic E-state index is 12.3. The summed E-state index contributed by atoms with van der Waals surface area (Å²) in [6.07, 6.45) is 2.65. The van der Waals surface area contributed by atoms with Crippen LogP contribution in [0.25, 0.3) is 0 Å². The summed E-state index contributed by atoms with van der Waals surface area (Å²) < 4.78 is 26.5. The summed E-state index contributed by atoms with van der Waals surface area (Å²) in [6.45, 7) is 2.41. The van der Waals surface area contributed by atoms with Crippen LogP contribution in [0.3, 0.4) is 0 Å². The van der Waals surface area contributed by atoms with Crippen molar-refractivity contribution in [2.75, 3.05) is 13.9 Å². The van der Waals surface area contributed by atoms with Crippen molar-refractivity contribution in [2.24, 2.45) is 11.8 Å². The van der Waals surface area contributed by atoms with E-state index in [-0.39, 0.29) is 25.2 Å². The van der Waals surface area contributed by atoms with Crippen molar-refractivity contribution in [1.29, 1.82) is 0 Å². The van der Waals surface area contributed by atoms with E-state index in [2.05, 4.69) is 5.32 Å². The van der Waals surface area contributed by atoms with Crippen molar-refractivity contribution >= 4 is 12.1 Å². The number of benzene rings is 1. The molecule has 0 fully saturated rings. The highest BCUT2D eigenvalue weighted by Gasteiger charge is 2.44. The first-order chi connectivity index (χ1) is 13.6. The molecule has 0 spiro atoms. The molecule has 0 aromatic heterocycles. The van der Waals surface area contributed by atoms with E-state index in [0.29, 0.717) is 23.5 Å². The second-order valence-corrected chi connectivity index (χ2v) is 6.83. The highest BCUT2D eigenvalue weighted by Crippen LogP contribution is 2.43. The number of ether oxygens (including phenoxy) is 5. The Morgan fingerprint density at radius 3 is 2.89 bits per heavy atom. The zero-order valence-corrected chi connectivity index (χ0v) is 15.6. The van der Waals surface area contributed by atoms with Crippen LogP contribution in [-0.2, 0) is 25.5 Å². The molecule has 1 N–H and O–H groups in total. The third-order valence-corrected chi connectivity index (χ3v) is 5.19. The zero-order chi connectivity index (χ0) is 19.7. The lowest BCUT2D eigenvalue weighted by atomic mass is 9.84. The molecule has 1 aromatic carbocycles. The minimum Gasteiger partial charge on any atom is -0.466 e. The minimum atomic E-state index is -0.797. The molecule has 1 aromatic rings. The topological polar surface area (TPSA) is 92.3 Å². The Labute approximate surface area is 162 Å². The van der Waals surface area contributed by atoms with Gasteiger partial charge in [0.05, 0.1) is 24.9 Å². The number of amides is 1. The number of hydrogen-bond acceptors (Lipinski definition) is 7. The number of rotatable bonds is 4. The zero-order valence-electron chi connectivity index (χ0n) is 15.6. The van der Waals surface area contributed by atoms with Crippen molar-refractivity contribution < 1.29 is 33.3 Å². The summed E-state index contributed by atoms with van der Waals surface area (Å²) in [7, 11) is 1.33. The Kier molecular flexibility index (Phi) is 4.85. The molecule has 28 heavy (non-hydrogen) atoms. The van der Waals surface area contributed by atoms with Crippen molar-refractivity contribution in [3.8, 4) is 11.5 Å². The lowest BCUT2D eigenvalue weighted by molar-refractivity contribution is -0.141. The van der Waals surface area contributed by atoms with Crippen LogP contribution in [0.2, 0.25) is 0 Å². The number of carbonyl (C=O) groups excluding carboxylic acids is 2. The molecule has 0 saturated heterocycles. The molecular weight excluding hydrogens is 366 g/mol. The SMILES string of the molecule is COC(=O)C1=COC(OC(=O)NCc2ccc3c(c2)OCO3)C2C(C)=CCC12. The van der Waals surface area contributed by atoms with Gasteiger partial charge >= 0.3 is 12.1 Å². The third-order valence-electron chi connectivity index (χ3n) is 5.19. The van der Waals surface area contributed by atoms with E-state index in [1.54, 1.807) is 6.07 Å². The Morgan fingerprint density at radius 2 is 2.07 bits per heavy atom. The molecule has 8 nitrogen and oxygen atoms in total. The van der Waals surface area contributed by atoms with E-state index in [9.17, 15) is 9.59 Å². The van der Waals surface area contributed by atoms with Crippen LogP contribution in [0.1, 0.15) is 18.9 Å². The Bertz CT molecular complexity index is 860. The quantitative estimate of drug-likeness (QED) is 0.627. The number of alkyl carbamates (subject to hydrolysis) is 1. The van der Waals surface area contributed by atoms with E-state index in [4.69, 9.17) is 23.7 Å². The van der Waals surface area contributed by atoms with Crippen LogP contribution < -0.4 is 14.8 Å². The van der Waals surface area contributed by atoms with Crippen LogP contribution in [0.15, 0.2) is 41.7 Å². The van der Waals surface area contributed by atoms with Crippen LogP contribution in [0.4, 0.5) is 4.79 Å². The largest absolute Gasteiger partial charge is 0.466 e. The maximum Gasteiger partial charge on any atom is 0.410 e. The first-order valence-electron chi connectivity index (χ1n) is 9.00. The van der Waals surface area contributed by atoms with Gasteiger partial charge in [0.2, 0.25) is 6.79 Å². The normalized spacial score (nSPS) is 24.4. The smallest absolute Gasteiger partial charge is 0.410 e. The minimum absolute atomic E-state index is 0.118. The highest BCUT2D eigenvalue weighted by atomic mass is 16.7. The number of carbonyl (C=O) groups is 2. The number of fused-ring (bicyclic) bond motifs is 2. The van der Waals surface area contributed by atoms with Gasteiger partial charge in [-0.25, -0.2) is 9.59 Å². The average molecular weight is 387 g/mol. The monoisotopic (exact) mass is 387 g/mol. The Morgan fingerprint density at radius 1 is 1.25 bits per heavy atom. The van der Waals surface area contributed by atoms with Gasteiger partial charge in [-0.3, -0.25) is 0 Å². The first-order valence-corrected chi connectivity index (χ1v) is 9.00. The predicted molar refractivity (Wildman–Crippen MR) is 96.2 cm³/mol. The summed E-state index contributed by atoms with van der Waals surface area (Å²) in [5.41, 5.74) is 2.34. The number of methoxy groups -OCH3 is 1. The average Bonchev–Trinajstić information content (AvgIpc) is 3.32. The molecule has 1 aliphatic carbocycles. The molecule has 0 radical (unpaired) electrons. The Balaban J connectivity index is 1.38. The highest BCUT2D eigenvalue weighted by molar-refractivity contribution is 5.89. The van der Waals surface area contributed by atoms with Gasteiger partial charge < -0.3 is 29.0 Å². The van der Waals surface area contributed by atoms with Gasteiger partial charge in [-0.1, -0.05) is 17.7 Å². The number of allylic oxidation sites excluding steroid dienone is 1. The van der Waals surface area contributed by atoms with E-state index >= 15 is 0 Å². The third kappa shape index (κ3) is 3.37. The standard InChI is InChI=1S/C20H21NO7/c1-11-3-5-13-14(18(22)24-2)9-25-19(17(11)13)28-20(23)21-8-12-4-6-15-16(7-12)27-10-26-15/h3-4,6-7,9,13,17,19H,5,8,10H2,1-2H3,(H,21,23). The molecule has 0 saturated carbocycles. The Hall–Kier alpha value is -3.16. The van der Waals surface area contributed by atoms with Gasteiger partial charge in [0.1, 0.15) is 0 Å². The molecule has 3 unspecified atom stereocenters. The van der Waals surface area contributed by atoms with Gasteiger partial charge in [-0.05, 0) is 31.0 Å². The van der Waals surface area contributed by atoms with Crippen molar-refractivity contribution in [3.63, 3.8) is 0 Å². The van der Waals surface area contributed by atoms with Crippen molar-refractivity contribution in [1.82, 2.24) is 5.32 Å². The number of esters is 1. The molecule has 0 bridgehead atoms. The molecule has 3 aliphatic rings. The summed E-state index contributed by atoms with van der Waals surface area (Å²) in [6, 6.07) is 5.45. The molecule has 2 heterocycles. The fourth-order valence-electron chi connectivity index (χ4n) is 3.74. The van der Waals surface area contributed by atoms with Crippen molar-refractivity contribution in [2.45, 2.75) is 26.2 Å². The van der Waals surface area contributed by atoms with Crippen LogP contribution >= 0.6 is 0 Å². The van der Waals surface area contributed by atoms with Crippen molar-refractivity contribution in [3.05, 3.63) is 47.2 Å². The number of hydrogen-bond donors (Lipinski definition) is 1. The first kappa shape index (κ1) is 18.2. The van der Waals surface area contributed by atoms with E-state index in [1.165, 1.54) is 13.4 Å². The fraction of sp³-hybridized carbons (Fsp3) is 0.400. The van der Waals surface area contributed by atoms with Gasteiger partial charge in [0.25, 0.3) is 6.29 Å². The summed E-state index contributed by atoms with van der Waals surface area (Å²) >= 11 is 0. The summed E-state index contributed by atoms with van der Waals surface area (Å²) in [5, 5.41) is 2.71. The van der Waals surface area contributed by atoms with Crippen LogP contribution in [0.5, 0.6) is 11.5 Å². The molecule has 2 aliphatic heterocycles. The van der Waals surface area contributed by atoms with Gasteiger partial charge in [0.15, 0.2) is 11.5 Å². The van der Waals surface area contributed by atoms with E-state index in [0.717, 1.165) is 11.1 Å². The van der Waals surface area contributed by atoms with Gasteiger partial charge in [-0.15, -0.1) is 0 Å². The second kappa shape index (κ2) is 7.46. The molecule has 148 valence electrons. The molecule has 1 amide bonds. The van der Waals surface area contributed by atoms with Gasteiger partial charge in [0, 0.05) is 12.5 Å². The van der Waals surface area contributed by atoms with Crippen LogP contribution in [-0.4, -0.2) is 32.3 Å². The molecule has 4 rings (SSSR count). The summed E-state index contributed by atoms with van der Waals surface area (Å²) in [4.78, 5) is 24.2. The molecule has 8 heteroatoms. The molecule has 3 atom stereocenters. The second-order valence-electron chi connectivity index (χ2n) is 6.83. The predicted octanol–water partition coefficient (Wildman–Crippen LogP) is 2.64. The maximum atomic E-state index is 12.3. The lowest BCUT2D eigenvalue weighted by Gasteiger charge is -2.33.